The minimum atomic E-state index is -0.181. The van der Waals surface area contributed by atoms with Crippen molar-refractivity contribution in [3.05, 3.63) is 83.4 Å². The van der Waals surface area contributed by atoms with E-state index >= 15 is 0 Å². The Morgan fingerprint density at radius 2 is 1.84 bits per heavy atom. The van der Waals surface area contributed by atoms with E-state index in [2.05, 4.69) is 5.32 Å². The van der Waals surface area contributed by atoms with E-state index in [0.717, 1.165) is 11.3 Å². The third-order valence-corrected chi connectivity index (χ3v) is 5.37. The zero-order valence-corrected chi connectivity index (χ0v) is 18.3. The summed E-state index contributed by atoms with van der Waals surface area (Å²) in [5.74, 6) is 1.12. The van der Waals surface area contributed by atoms with E-state index in [4.69, 9.17) is 9.47 Å². The van der Waals surface area contributed by atoms with Gasteiger partial charge in [-0.05, 0) is 56.2 Å². The maximum Gasteiger partial charge on any atom is 0.265 e. The summed E-state index contributed by atoms with van der Waals surface area (Å²) < 4.78 is 11.4. The Morgan fingerprint density at radius 1 is 1.06 bits per heavy atom. The van der Waals surface area contributed by atoms with Crippen LogP contribution in [0.25, 0.3) is 0 Å². The molecule has 32 heavy (non-hydrogen) atoms. The highest BCUT2D eigenvalue weighted by Gasteiger charge is 2.25. The molecule has 0 aromatic heterocycles. The van der Waals surface area contributed by atoms with Crippen LogP contribution in [0.15, 0.2) is 66.7 Å². The van der Waals surface area contributed by atoms with Crippen molar-refractivity contribution in [1.82, 2.24) is 0 Å². The summed E-state index contributed by atoms with van der Waals surface area (Å²) >= 11 is 0. The summed E-state index contributed by atoms with van der Waals surface area (Å²) in [5, 5.41) is 2.91. The molecule has 0 spiro atoms. The Kier molecular flexibility index (Phi) is 6.40. The predicted molar refractivity (Wildman–Crippen MR) is 125 cm³/mol. The van der Waals surface area contributed by atoms with E-state index in [0.29, 0.717) is 42.3 Å². The molecule has 1 aliphatic rings. The van der Waals surface area contributed by atoms with Crippen molar-refractivity contribution in [2.75, 3.05) is 30.0 Å². The summed E-state index contributed by atoms with van der Waals surface area (Å²) in [5.41, 5.74) is 4.03. The molecule has 1 aliphatic heterocycles. The van der Waals surface area contributed by atoms with Gasteiger partial charge in [0.25, 0.3) is 11.8 Å². The lowest BCUT2D eigenvalue weighted by Crippen LogP contribution is -2.39. The van der Waals surface area contributed by atoms with Gasteiger partial charge in [-0.25, -0.2) is 0 Å². The highest BCUT2D eigenvalue weighted by Crippen LogP contribution is 2.34. The fourth-order valence-electron chi connectivity index (χ4n) is 3.60. The van der Waals surface area contributed by atoms with Crippen LogP contribution in [-0.4, -0.2) is 31.6 Å². The second-order valence-electron chi connectivity index (χ2n) is 7.80. The highest BCUT2D eigenvalue weighted by atomic mass is 16.5. The Balaban J connectivity index is 1.39. The van der Waals surface area contributed by atoms with Crippen LogP contribution >= 0.6 is 0 Å². The first kappa shape index (κ1) is 21.4. The molecule has 4 rings (SSSR count). The monoisotopic (exact) mass is 430 g/mol. The van der Waals surface area contributed by atoms with Gasteiger partial charge in [0.2, 0.25) is 0 Å². The number of ether oxygens (including phenoxy) is 2. The number of carbonyl (C=O) groups excluding carboxylic acids is 2. The van der Waals surface area contributed by atoms with Gasteiger partial charge in [-0.2, -0.15) is 0 Å². The van der Waals surface area contributed by atoms with Crippen molar-refractivity contribution in [1.29, 1.82) is 0 Å². The summed E-state index contributed by atoms with van der Waals surface area (Å²) in [4.78, 5) is 26.7. The van der Waals surface area contributed by atoms with Gasteiger partial charge in [0.15, 0.2) is 6.61 Å². The number of rotatable bonds is 7. The third-order valence-electron chi connectivity index (χ3n) is 5.37. The van der Waals surface area contributed by atoms with Crippen LogP contribution in [0.5, 0.6) is 11.5 Å². The number of hydrogen-bond donors (Lipinski definition) is 1. The largest absolute Gasteiger partial charge is 0.494 e. The lowest BCUT2D eigenvalue weighted by Gasteiger charge is -2.29. The number of anilines is 2. The highest BCUT2D eigenvalue weighted by molar-refractivity contribution is 6.06. The zero-order chi connectivity index (χ0) is 22.5. The molecule has 1 N–H and O–H groups in total. The molecule has 6 nitrogen and oxygen atoms in total. The fourth-order valence-corrected chi connectivity index (χ4v) is 3.60. The normalized spacial score (nSPS) is 12.7. The molecule has 2 amide bonds. The number of hydrogen-bond acceptors (Lipinski definition) is 4. The van der Waals surface area contributed by atoms with Crippen molar-refractivity contribution >= 4 is 23.2 Å². The van der Waals surface area contributed by atoms with Gasteiger partial charge in [0.05, 0.1) is 12.3 Å². The molecule has 0 bridgehead atoms. The smallest absolute Gasteiger partial charge is 0.265 e. The van der Waals surface area contributed by atoms with E-state index < -0.39 is 0 Å². The van der Waals surface area contributed by atoms with E-state index in [1.54, 1.807) is 29.2 Å². The van der Waals surface area contributed by atoms with Crippen LogP contribution in [0.3, 0.4) is 0 Å². The first-order chi connectivity index (χ1) is 15.5. The summed E-state index contributed by atoms with van der Waals surface area (Å²) in [7, 11) is 0. The molecule has 0 saturated carbocycles. The Bertz CT molecular complexity index is 1120. The van der Waals surface area contributed by atoms with Crippen LogP contribution in [-0.2, 0) is 4.79 Å². The summed E-state index contributed by atoms with van der Waals surface area (Å²) in [6.45, 7) is 4.94. The van der Waals surface area contributed by atoms with E-state index in [1.165, 1.54) is 5.56 Å². The molecular formula is C26H26N2O4. The Hall–Kier alpha value is -3.80. The molecule has 0 radical (unpaired) electrons. The van der Waals surface area contributed by atoms with E-state index in [-0.39, 0.29) is 18.4 Å². The number of benzene rings is 3. The maximum absolute atomic E-state index is 12.6. The van der Waals surface area contributed by atoms with Crippen molar-refractivity contribution < 1.29 is 19.1 Å². The number of nitrogens with one attached hydrogen (secondary N) is 1. The van der Waals surface area contributed by atoms with Crippen LogP contribution in [0, 0.1) is 13.8 Å². The standard InChI is InChI=1S/C26H26N2O4/c1-18-8-11-21(12-9-18)31-15-5-14-28-23-13-10-20(16-24(23)32-17-25(28)29)27-26(30)22-7-4-3-6-19(22)2/h3-4,6-13,16H,5,14-15,17H2,1-2H3,(H,27,30). The molecule has 0 atom stereocenters. The first-order valence-electron chi connectivity index (χ1n) is 10.6. The van der Waals surface area contributed by atoms with Gasteiger partial charge >= 0.3 is 0 Å². The van der Waals surface area contributed by atoms with Gasteiger partial charge in [0, 0.05) is 23.9 Å². The summed E-state index contributed by atoms with van der Waals surface area (Å²) in [6.07, 6.45) is 0.685. The number of nitrogens with zero attached hydrogens (tertiary/aromatic N) is 1. The van der Waals surface area contributed by atoms with Crippen LogP contribution < -0.4 is 19.7 Å². The second-order valence-corrected chi connectivity index (χ2v) is 7.80. The lowest BCUT2D eigenvalue weighted by atomic mass is 10.1. The molecular weight excluding hydrogens is 404 g/mol. The fraction of sp³-hybridized carbons (Fsp3) is 0.231. The number of aryl methyl sites for hydroxylation is 2. The van der Waals surface area contributed by atoms with Crippen LogP contribution in [0.1, 0.15) is 27.9 Å². The lowest BCUT2D eigenvalue weighted by molar-refractivity contribution is -0.121. The number of carbonyl (C=O) groups is 2. The van der Waals surface area contributed by atoms with E-state index in [1.807, 2.05) is 56.3 Å². The van der Waals surface area contributed by atoms with Gasteiger partial charge in [-0.1, -0.05) is 35.9 Å². The van der Waals surface area contributed by atoms with Crippen LogP contribution in [0.2, 0.25) is 0 Å². The average Bonchev–Trinajstić information content (AvgIpc) is 2.79. The first-order valence-corrected chi connectivity index (χ1v) is 10.6. The van der Waals surface area contributed by atoms with Gasteiger partial charge in [0.1, 0.15) is 11.5 Å². The number of fused-ring (bicyclic) bond motifs is 1. The quantitative estimate of drug-likeness (QED) is 0.549. The molecule has 0 fully saturated rings. The topological polar surface area (TPSA) is 67.9 Å². The molecule has 3 aromatic carbocycles. The molecule has 0 saturated heterocycles. The molecule has 0 unspecified atom stereocenters. The minimum absolute atomic E-state index is 0.0268. The minimum Gasteiger partial charge on any atom is -0.494 e. The van der Waals surface area contributed by atoms with Crippen molar-refractivity contribution in [2.45, 2.75) is 20.3 Å². The van der Waals surface area contributed by atoms with Gasteiger partial charge < -0.3 is 19.7 Å². The Morgan fingerprint density at radius 3 is 2.62 bits per heavy atom. The van der Waals surface area contributed by atoms with Crippen LogP contribution in [0.4, 0.5) is 11.4 Å². The van der Waals surface area contributed by atoms with Crippen molar-refractivity contribution in [2.24, 2.45) is 0 Å². The van der Waals surface area contributed by atoms with Gasteiger partial charge in [-0.15, -0.1) is 0 Å². The number of amides is 2. The van der Waals surface area contributed by atoms with Gasteiger partial charge in [-0.3, -0.25) is 9.59 Å². The third kappa shape index (κ3) is 4.91. The molecule has 164 valence electrons. The SMILES string of the molecule is Cc1ccc(OCCCN2C(=O)COc3cc(NC(=O)c4ccccc4C)ccc32)cc1. The zero-order valence-electron chi connectivity index (χ0n) is 18.3. The second kappa shape index (κ2) is 9.56. The molecule has 0 aliphatic carbocycles. The molecule has 1 heterocycles. The van der Waals surface area contributed by atoms with Crippen molar-refractivity contribution in [3.8, 4) is 11.5 Å². The summed E-state index contributed by atoms with van der Waals surface area (Å²) in [6, 6.07) is 20.7. The maximum atomic E-state index is 12.6. The molecule has 3 aromatic rings. The van der Waals surface area contributed by atoms with Crippen molar-refractivity contribution in [3.63, 3.8) is 0 Å². The molecule has 6 heteroatoms. The predicted octanol–water partition coefficient (Wildman–Crippen LogP) is 4.75. The average molecular weight is 431 g/mol. The Labute approximate surface area is 187 Å². The van der Waals surface area contributed by atoms with E-state index in [9.17, 15) is 9.59 Å².